The number of anilines is 1. The largest absolute Gasteiger partial charge is 0.354 e. The van der Waals surface area contributed by atoms with E-state index in [1.54, 1.807) is 42.5 Å². The van der Waals surface area contributed by atoms with Crippen LogP contribution in [0.25, 0.3) is 0 Å². The highest BCUT2D eigenvalue weighted by molar-refractivity contribution is 7.92. The van der Waals surface area contributed by atoms with E-state index in [2.05, 4.69) is 5.32 Å². The average molecular weight is 667 g/mol. The lowest BCUT2D eigenvalue weighted by molar-refractivity contribution is -0.140. The summed E-state index contributed by atoms with van der Waals surface area (Å²) in [6.45, 7) is 5.51. The van der Waals surface area contributed by atoms with Crippen LogP contribution in [0.5, 0.6) is 0 Å². The second-order valence-corrected chi connectivity index (χ2v) is 13.6. The Morgan fingerprint density at radius 2 is 1.53 bits per heavy atom. The molecule has 45 heavy (non-hydrogen) atoms. The van der Waals surface area contributed by atoms with E-state index in [0.29, 0.717) is 28.6 Å². The number of hydrogen-bond acceptors (Lipinski definition) is 4. The van der Waals surface area contributed by atoms with E-state index in [1.165, 1.54) is 23.1 Å². The second-order valence-electron chi connectivity index (χ2n) is 10.9. The van der Waals surface area contributed by atoms with Crippen molar-refractivity contribution in [3.8, 4) is 0 Å². The number of rotatable bonds is 13. The maximum absolute atomic E-state index is 14.5. The van der Waals surface area contributed by atoms with Crippen LogP contribution in [0, 0.1) is 13.8 Å². The zero-order chi connectivity index (χ0) is 32.6. The Kier molecular flexibility index (Phi) is 11.7. The number of carbonyl (C=O) groups is 2. The Hall–Kier alpha value is -3.85. The van der Waals surface area contributed by atoms with Crippen molar-refractivity contribution in [2.75, 3.05) is 17.4 Å². The molecule has 4 aromatic rings. The first kappa shape index (κ1) is 34.0. The minimum Gasteiger partial charge on any atom is -0.354 e. The minimum absolute atomic E-state index is 0.0283. The summed E-state index contributed by atoms with van der Waals surface area (Å²) >= 11 is 12.7. The van der Waals surface area contributed by atoms with Crippen molar-refractivity contribution < 1.29 is 18.0 Å². The lowest BCUT2D eigenvalue weighted by Crippen LogP contribution is -2.53. The van der Waals surface area contributed by atoms with Crippen LogP contribution in [-0.2, 0) is 32.6 Å². The highest BCUT2D eigenvalue weighted by atomic mass is 35.5. The number of benzene rings is 4. The number of sulfonamides is 1. The van der Waals surface area contributed by atoms with E-state index in [0.717, 1.165) is 21.0 Å². The second kappa shape index (κ2) is 15.4. The van der Waals surface area contributed by atoms with E-state index in [9.17, 15) is 18.0 Å². The van der Waals surface area contributed by atoms with Crippen LogP contribution in [0.15, 0.2) is 102 Å². The third kappa shape index (κ3) is 8.87. The van der Waals surface area contributed by atoms with Crippen molar-refractivity contribution in [2.45, 2.75) is 51.1 Å². The molecule has 1 N–H and O–H groups in total. The zero-order valence-electron chi connectivity index (χ0n) is 25.5. The van der Waals surface area contributed by atoms with Crippen molar-refractivity contribution in [2.24, 2.45) is 0 Å². The molecule has 0 aliphatic rings. The van der Waals surface area contributed by atoms with Crippen molar-refractivity contribution in [1.29, 1.82) is 0 Å². The predicted octanol–water partition coefficient (Wildman–Crippen LogP) is 6.97. The number of carbonyl (C=O) groups excluding carboxylic acids is 2. The van der Waals surface area contributed by atoms with Gasteiger partial charge in [0.25, 0.3) is 10.0 Å². The van der Waals surface area contributed by atoms with Gasteiger partial charge in [-0.3, -0.25) is 13.9 Å². The first-order chi connectivity index (χ1) is 21.5. The monoisotopic (exact) mass is 665 g/mol. The smallest absolute Gasteiger partial charge is 0.264 e. The van der Waals surface area contributed by atoms with Gasteiger partial charge in [0.15, 0.2) is 0 Å². The van der Waals surface area contributed by atoms with Crippen LogP contribution in [0.3, 0.4) is 0 Å². The molecular formula is C35H37Cl2N3O4S. The molecule has 4 rings (SSSR count). The van der Waals surface area contributed by atoms with E-state index in [-0.39, 0.29) is 29.5 Å². The molecule has 2 amide bonds. The summed E-state index contributed by atoms with van der Waals surface area (Å²) in [6, 6.07) is 26.8. The number of amides is 2. The molecular weight excluding hydrogens is 629 g/mol. The number of nitrogens with zero attached hydrogens (tertiary/aromatic N) is 2. The summed E-state index contributed by atoms with van der Waals surface area (Å²) in [7, 11) is -4.22. The average Bonchev–Trinajstić information content (AvgIpc) is 3.02. The minimum atomic E-state index is -4.22. The zero-order valence-corrected chi connectivity index (χ0v) is 27.9. The maximum Gasteiger partial charge on any atom is 0.264 e. The van der Waals surface area contributed by atoms with Gasteiger partial charge in [-0.05, 0) is 73.4 Å². The summed E-state index contributed by atoms with van der Waals surface area (Å²) in [5.41, 5.74) is 3.44. The number of aryl methyl sites for hydroxylation is 2. The van der Waals surface area contributed by atoms with Crippen LogP contribution >= 0.6 is 23.2 Å². The third-order valence-corrected chi connectivity index (χ3v) is 9.82. The Bertz CT molecular complexity index is 1730. The van der Waals surface area contributed by atoms with Crippen LogP contribution < -0.4 is 9.62 Å². The topological polar surface area (TPSA) is 86.8 Å². The summed E-state index contributed by atoms with van der Waals surface area (Å²) in [5.74, 6) is -0.891. The molecule has 0 aliphatic heterocycles. The lowest BCUT2D eigenvalue weighted by atomic mass is 10.0. The summed E-state index contributed by atoms with van der Waals surface area (Å²) < 4.78 is 29.4. The maximum atomic E-state index is 14.5. The van der Waals surface area contributed by atoms with Crippen molar-refractivity contribution in [3.63, 3.8) is 0 Å². The van der Waals surface area contributed by atoms with Gasteiger partial charge in [-0.2, -0.15) is 0 Å². The van der Waals surface area contributed by atoms with Crippen LogP contribution in [-0.4, -0.2) is 44.3 Å². The number of nitrogens with one attached hydrogen (secondary N) is 1. The van der Waals surface area contributed by atoms with Crippen molar-refractivity contribution >= 4 is 50.7 Å². The Balaban J connectivity index is 1.81. The highest BCUT2D eigenvalue weighted by Crippen LogP contribution is 2.29. The molecule has 7 nitrogen and oxygen atoms in total. The fourth-order valence-electron chi connectivity index (χ4n) is 4.86. The molecule has 0 saturated heterocycles. The standard InChI is InChI=1S/C35H37Cl2N3O4S/c1-4-19-38-35(42)33(21-27-9-6-5-7-10-27)39(23-28-11-8-12-29(36)20-28)34(41)24-40(30-16-15-26(3)32(37)22-30)45(43,44)31-17-13-25(2)14-18-31/h5-18,20,22,33H,4,19,21,23-24H2,1-3H3,(H,38,42). The quantitative estimate of drug-likeness (QED) is 0.167. The van der Waals surface area contributed by atoms with Crippen LogP contribution in [0.1, 0.15) is 35.6 Å². The first-order valence-corrected chi connectivity index (χ1v) is 16.9. The number of hydrogen-bond donors (Lipinski definition) is 1. The molecule has 0 aliphatic carbocycles. The Labute approximate surface area is 275 Å². The van der Waals surface area contributed by atoms with Crippen LogP contribution in [0.2, 0.25) is 10.0 Å². The molecule has 0 aromatic heterocycles. The summed E-state index contributed by atoms with van der Waals surface area (Å²) in [4.78, 5) is 29.7. The fraction of sp³-hybridized carbons (Fsp3) is 0.257. The van der Waals surface area contributed by atoms with Gasteiger partial charge < -0.3 is 10.2 Å². The van der Waals surface area contributed by atoms with Gasteiger partial charge in [-0.25, -0.2) is 8.42 Å². The Morgan fingerprint density at radius 3 is 2.18 bits per heavy atom. The van der Waals surface area contributed by atoms with E-state index in [1.807, 2.05) is 57.2 Å². The molecule has 4 aromatic carbocycles. The van der Waals surface area contributed by atoms with Gasteiger partial charge >= 0.3 is 0 Å². The third-order valence-electron chi connectivity index (χ3n) is 7.39. The van der Waals surface area contributed by atoms with Gasteiger partial charge in [-0.1, -0.05) is 96.4 Å². The molecule has 0 radical (unpaired) electrons. The molecule has 0 heterocycles. The normalized spacial score (nSPS) is 11.9. The Morgan fingerprint density at radius 1 is 0.844 bits per heavy atom. The predicted molar refractivity (Wildman–Crippen MR) is 181 cm³/mol. The van der Waals surface area contributed by atoms with Crippen molar-refractivity contribution in [1.82, 2.24) is 10.2 Å². The fourth-order valence-corrected chi connectivity index (χ4v) is 6.65. The molecule has 236 valence electrons. The van der Waals surface area contributed by atoms with E-state index in [4.69, 9.17) is 23.2 Å². The van der Waals surface area contributed by atoms with E-state index < -0.39 is 28.5 Å². The van der Waals surface area contributed by atoms with E-state index >= 15 is 0 Å². The van der Waals surface area contributed by atoms with Gasteiger partial charge in [0.1, 0.15) is 12.6 Å². The molecule has 1 unspecified atom stereocenters. The molecule has 0 bridgehead atoms. The molecule has 0 saturated carbocycles. The van der Waals surface area contributed by atoms with Gasteiger partial charge in [0.05, 0.1) is 10.6 Å². The van der Waals surface area contributed by atoms with Gasteiger partial charge in [-0.15, -0.1) is 0 Å². The molecule has 10 heteroatoms. The summed E-state index contributed by atoms with van der Waals surface area (Å²) in [5, 5.41) is 3.78. The SMILES string of the molecule is CCCNC(=O)C(Cc1ccccc1)N(Cc1cccc(Cl)c1)C(=O)CN(c1ccc(C)c(Cl)c1)S(=O)(=O)c1ccc(C)cc1. The number of halogens is 2. The summed E-state index contributed by atoms with van der Waals surface area (Å²) in [6.07, 6.45) is 0.937. The lowest BCUT2D eigenvalue weighted by Gasteiger charge is -2.34. The molecule has 0 fully saturated rings. The molecule has 0 spiro atoms. The van der Waals surface area contributed by atoms with Gasteiger partial charge in [0.2, 0.25) is 11.8 Å². The highest BCUT2D eigenvalue weighted by Gasteiger charge is 2.34. The first-order valence-electron chi connectivity index (χ1n) is 14.7. The van der Waals surface area contributed by atoms with Gasteiger partial charge in [0, 0.05) is 29.6 Å². The van der Waals surface area contributed by atoms with Crippen molar-refractivity contribution in [3.05, 3.63) is 129 Å². The van der Waals surface area contributed by atoms with Crippen LogP contribution in [0.4, 0.5) is 5.69 Å². The molecule has 1 atom stereocenters.